The lowest BCUT2D eigenvalue weighted by Gasteiger charge is -2.17. The lowest BCUT2D eigenvalue weighted by Crippen LogP contribution is -2.35. The first kappa shape index (κ1) is 13.1. The Morgan fingerprint density at radius 1 is 1.29 bits per heavy atom. The van der Waals surface area contributed by atoms with E-state index in [1.807, 2.05) is 0 Å². The monoisotopic (exact) mass is 243 g/mol. The van der Waals surface area contributed by atoms with Crippen LogP contribution in [0.3, 0.4) is 0 Å². The number of esters is 2. The van der Waals surface area contributed by atoms with Crippen LogP contribution in [-0.4, -0.2) is 54.3 Å². The maximum Gasteiger partial charge on any atom is 0.319 e. The minimum Gasteiger partial charge on any atom is -0.468 e. The zero-order valence-electron chi connectivity index (χ0n) is 9.58. The lowest BCUT2D eigenvalue weighted by molar-refractivity contribution is -0.145. The Kier molecular flexibility index (Phi) is 5.08. The Morgan fingerprint density at radius 3 is 2.29 bits per heavy atom. The number of hydrogen-bond donors (Lipinski definition) is 0. The summed E-state index contributed by atoms with van der Waals surface area (Å²) < 4.78 is 13.8. The molecule has 0 amide bonds. The van der Waals surface area contributed by atoms with Crippen LogP contribution in [0, 0.1) is 0 Å². The van der Waals surface area contributed by atoms with Gasteiger partial charge in [-0.1, -0.05) is 5.16 Å². The summed E-state index contributed by atoms with van der Waals surface area (Å²) in [5, 5.41) is 3.43. The van der Waals surface area contributed by atoms with Gasteiger partial charge >= 0.3 is 11.9 Å². The highest BCUT2D eigenvalue weighted by atomic mass is 16.5. The Morgan fingerprint density at radius 2 is 1.88 bits per heavy atom. The zero-order valence-corrected chi connectivity index (χ0v) is 9.58. The molecule has 0 saturated heterocycles. The maximum atomic E-state index is 11.1. The molecule has 8 nitrogen and oxygen atoms in total. The van der Waals surface area contributed by atoms with Crippen molar-refractivity contribution in [3.63, 3.8) is 0 Å². The van der Waals surface area contributed by atoms with Gasteiger partial charge in [0.05, 0.1) is 33.9 Å². The number of ether oxygens (including phenoxy) is 2. The summed E-state index contributed by atoms with van der Waals surface area (Å²) in [6.07, 6.45) is 1.24. The normalized spacial score (nSPS) is 10.3. The highest BCUT2D eigenvalue weighted by molar-refractivity contribution is 5.74. The molecule has 0 unspecified atom stereocenters. The second-order valence-electron chi connectivity index (χ2n) is 3.13. The van der Waals surface area contributed by atoms with E-state index in [-0.39, 0.29) is 19.6 Å². The molecule has 0 saturated carbocycles. The Labute approximate surface area is 97.5 Å². The van der Waals surface area contributed by atoms with Crippen LogP contribution in [0.5, 0.6) is 0 Å². The molecule has 0 radical (unpaired) electrons. The first-order valence-corrected chi connectivity index (χ1v) is 4.77. The summed E-state index contributed by atoms with van der Waals surface area (Å²) in [5.74, 6) is -0.625. The predicted octanol–water partition coefficient (Wildman–Crippen LogP) is -0.782. The van der Waals surface area contributed by atoms with Crippen molar-refractivity contribution in [3.8, 4) is 0 Å². The van der Waals surface area contributed by atoms with E-state index in [0.717, 1.165) is 0 Å². The standard InChI is InChI=1S/C9H13N3O5/c1-15-8(13)4-12(5-9(14)16-2)3-7-10-6-11-17-7/h6H,3-5H2,1-2H3. The molecule has 0 bridgehead atoms. The maximum absolute atomic E-state index is 11.1. The van der Waals surface area contributed by atoms with Crippen molar-refractivity contribution in [1.82, 2.24) is 15.0 Å². The number of aromatic nitrogens is 2. The first-order valence-electron chi connectivity index (χ1n) is 4.77. The number of carbonyl (C=O) groups excluding carboxylic acids is 2. The summed E-state index contributed by atoms with van der Waals surface area (Å²) in [4.78, 5) is 27.6. The van der Waals surface area contributed by atoms with Gasteiger partial charge in [0.15, 0.2) is 6.33 Å². The van der Waals surface area contributed by atoms with E-state index < -0.39 is 11.9 Å². The number of carbonyl (C=O) groups is 2. The number of hydrogen-bond acceptors (Lipinski definition) is 8. The second-order valence-corrected chi connectivity index (χ2v) is 3.13. The van der Waals surface area contributed by atoms with Gasteiger partial charge < -0.3 is 14.0 Å². The average Bonchev–Trinajstić information content (AvgIpc) is 2.81. The van der Waals surface area contributed by atoms with Crippen molar-refractivity contribution in [1.29, 1.82) is 0 Å². The summed E-state index contributed by atoms with van der Waals surface area (Å²) >= 11 is 0. The third-order valence-corrected chi connectivity index (χ3v) is 1.93. The highest BCUT2D eigenvalue weighted by Crippen LogP contribution is 2.00. The van der Waals surface area contributed by atoms with Crippen molar-refractivity contribution >= 4 is 11.9 Å². The highest BCUT2D eigenvalue weighted by Gasteiger charge is 2.17. The molecular formula is C9H13N3O5. The van der Waals surface area contributed by atoms with E-state index in [1.165, 1.54) is 25.4 Å². The van der Waals surface area contributed by atoms with Crippen molar-refractivity contribution in [2.24, 2.45) is 0 Å². The molecule has 0 aromatic carbocycles. The smallest absolute Gasteiger partial charge is 0.319 e. The fourth-order valence-electron chi connectivity index (χ4n) is 1.12. The van der Waals surface area contributed by atoms with E-state index in [4.69, 9.17) is 4.52 Å². The van der Waals surface area contributed by atoms with Gasteiger partial charge in [-0.2, -0.15) is 4.98 Å². The van der Waals surface area contributed by atoms with Crippen LogP contribution in [0.25, 0.3) is 0 Å². The van der Waals surface area contributed by atoms with E-state index in [2.05, 4.69) is 19.6 Å². The molecule has 94 valence electrons. The van der Waals surface area contributed by atoms with E-state index in [1.54, 1.807) is 0 Å². The van der Waals surface area contributed by atoms with Crippen molar-refractivity contribution < 1.29 is 23.6 Å². The molecule has 0 aliphatic carbocycles. The SMILES string of the molecule is COC(=O)CN(CC(=O)OC)Cc1ncno1. The fourth-order valence-corrected chi connectivity index (χ4v) is 1.12. The fraction of sp³-hybridized carbons (Fsp3) is 0.556. The van der Waals surface area contributed by atoms with Gasteiger partial charge in [-0.15, -0.1) is 0 Å². The first-order chi connectivity index (χ1) is 8.15. The molecule has 0 aliphatic rings. The Hall–Kier alpha value is -1.96. The molecule has 0 fully saturated rings. The van der Waals surface area contributed by atoms with Crippen LogP contribution in [0.4, 0.5) is 0 Å². The third kappa shape index (κ3) is 4.60. The quantitative estimate of drug-likeness (QED) is 0.600. The molecule has 0 aliphatic heterocycles. The van der Waals surface area contributed by atoms with Crippen LogP contribution < -0.4 is 0 Å². The zero-order chi connectivity index (χ0) is 12.7. The second kappa shape index (κ2) is 6.59. The van der Waals surface area contributed by atoms with Crippen molar-refractivity contribution in [2.75, 3.05) is 27.3 Å². The molecule has 1 aromatic heterocycles. The Balaban J connectivity index is 2.58. The van der Waals surface area contributed by atoms with Crippen LogP contribution >= 0.6 is 0 Å². The molecule has 0 atom stereocenters. The van der Waals surface area contributed by atoms with E-state index >= 15 is 0 Å². The van der Waals surface area contributed by atoms with E-state index in [0.29, 0.717) is 5.89 Å². The largest absolute Gasteiger partial charge is 0.468 e. The number of methoxy groups -OCH3 is 2. The summed E-state index contributed by atoms with van der Waals surface area (Å²) in [6.45, 7) is 0.0478. The van der Waals surface area contributed by atoms with Crippen LogP contribution in [0.2, 0.25) is 0 Å². The van der Waals surface area contributed by atoms with Gasteiger partial charge in [0, 0.05) is 0 Å². The van der Waals surface area contributed by atoms with Gasteiger partial charge in [-0.3, -0.25) is 14.5 Å². The minimum absolute atomic E-state index is 0.0615. The van der Waals surface area contributed by atoms with Gasteiger partial charge in [0.1, 0.15) is 0 Å². The van der Waals surface area contributed by atoms with Crippen LogP contribution in [0.1, 0.15) is 5.89 Å². The summed E-state index contributed by atoms with van der Waals surface area (Å²) in [5.41, 5.74) is 0. The van der Waals surface area contributed by atoms with Crippen molar-refractivity contribution in [3.05, 3.63) is 12.2 Å². The topological polar surface area (TPSA) is 94.8 Å². The molecule has 1 heterocycles. The molecule has 1 rings (SSSR count). The summed E-state index contributed by atoms with van der Waals surface area (Å²) in [7, 11) is 2.54. The molecule has 0 N–H and O–H groups in total. The minimum atomic E-state index is -0.464. The predicted molar refractivity (Wildman–Crippen MR) is 53.6 cm³/mol. The molecule has 1 aromatic rings. The molecule has 8 heteroatoms. The third-order valence-electron chi connectivity index (χ3n) is 1.93. The van der Waals surface area contributed by atoms with Gasteiger partial charge in [0.2, 0.25) is 5.89 Å². The van der Waals surface area contributed by atoms with Crippen LogP contribution in [-0.2, 0) is 25.6 Å². The lowest BCUT2D eigenvalue weighted by atomic mass is 10.4. The average molecular weight is 243 g/mol. The summed E-state index contributed by atoms with van der Waals surface area (Å²) in [6, 6.07) is 0. The van der Waals surface area contributed by atoms with E-state index in [9.17, 15) is 9.59 Å². The molecular weight excluding hydrogens is 230 g/mol. The molecule has 0 spiro atoms. The van der Waals surface area contributed by atoms with Crippen molar-refractivity contribution in [2.45, 2.75) is 6.54 Å². The Bertz CT molecular complexity index is 347. The van der Waals surface area contributed by atoms with Gasteiger partial charge in [-0.25, -0.2) is 0 Å². The molecule has 17 heavy (non-hydrogen) atoms. The van der Waals surface area contributed by atoms with Crippen LogP contribution in [0.15, 0.2) is 10.9 Å². The number of nitrogens with zero attached hydrogens (tertiary/aromatic N) is 3. The number of rotatable bonds is 6. The van der Waals surface area contributed by atoms with Gasteiger partial charge in [-0.05, 0) is 0 Å². The van der Waals surface area contributed by atoms with Gasteiger partial charge in [0.25, 0.3) is 0 Å².